The highest BCUT2D eigenvalue weighted by Gasteiger charge is 2.38. The van der Waals surface area contributed by atoms with Crippen LogP contribution in [0.4, 0.5) is 5.69 Å². The SMILES string of the molecule is Cc1ccc(C2=C(Nc3cccc(Br)c3)C(=O)N(CCc3ccccc3)C2=O)cc1. The van der Waals surface area contributed by atoms with E-state index in [-0.39, 0.29) is 11.8 Å². The molecule has 3 aromatic rings. The van der Waals surface area contributed by atoms with Gasteiger partial charge < -0.3 is 5.32 Å². The summed E-state index contributed by atoms with van der Waals surface area (Å²) in [5.41, 5.74) is 4.39. The summed E-state index contributed by atoms with van der Waals surface area (Å²) in [6, 6.07) is 25.1. The Bertz CT molecular complexity index is 1120. The molecule has 0 bridgehead atoms. The smallest absolute Gasteiger partial charge is 0.278 e. The molecule has 1 N–H and O–H groups in total. The number of halogens is 1. The van der Waals surface area contributed by atoms with Crippen molar-refractivity contribution in [2.75, 3.05) is 11.9 Å². The molecule has 1 aliphatic rings. The Morgan fingerprint density at radius 2 is 1.60 bits per heavy atom. The number of rotatable bonds is 6. The van der Waals surface area contributed by atoms with E-state index >= 15 is 0 Å². The fourth-order valence-corrected chi connectivity index (χ4v) is 3.88. The third-order valence-electron chi connectivity index (χ3n) is 5.07. The predicted octanol–water partition coefficient (Wildman–Crippen LogP) is 5.19. The molecule has 1 aliphatic heterocycles. The van der Waals surface area contributed by atoms with E-state index in [0.717, 1.165) is 26.9 Å². The summed E-state index contributed by atoms with van der Waals surface area (Å²) in [5, 5.41) is 3.19. The Morgan fingerprint density at radius 3 is 2.30 bits per heavy atom. The maximum Gasteiger partial charge on any atom is 0.278 e. The van der Waals surface area contributed by atoms with Crippen molar-refractivity contribution in [2.24, 2.45) is 0 Å². The quantitative estimate of drug-likeness (QED) is 0.514. The molecule has 4 rings (SSSR count). The van der Waals surface area contributed by atoms with Crippen LogP contribution in [0.15, 0.2) is 89.0 Å². The molecule has 30 heavy (non-hydrogen) atoms. The third kappa shape index (κ3) is 4.21. The lowest BCUT2D eigenvalue weighted by Gasteiger charge is -2.15. The molecule has 0 unspecified atom stereocenters. The molecule has 0 saturated carbocycles. The first-order valence-electron chi connectivity index (χ1n) is 9.77. The minimum atomic E-state index is -0.300. The summed E-state index contributed by atoms with van der Waals surface area (Å²) in [6.07, 6.45) is 0.615. The number of nitrogens with one attached hydrogen (secondary N) is 1. The summed E-state index contributed by atoms with van der Waals surface area (Å²) in [6.45, 7) is 2.33. The molecule has 150 valence electrons. The summed E-state index contributed by atoms with van der Waals surface area (Å²) < 4.78 is 0.891. The highest BCUT2D eigenvalue weighted by Crippen LogP contribution is 2.31. The van der Waals surface area contributed by atoms with Crippen molar-refractivity contribution in [3.63, 3.8) is 0 Å². The van der Waals surface area contributed by atoms with Crippen LogP contribution in [0.25, 0.3) is 5.57 Å². The van der Waals surface area contributed by atoms with Gasteiger partial charge in [-0.3, -0.25) is 14.5 Å². The van der Waals surface area contributed by atoms with Crippen LogP contribution in [-0.2, 0) is 16.0 Å². The van der Waals surface area contributed by atoms with Gasteiger partial charge in [-0.25, -0.2) is 0 Å². The topological polar surface area (TPSA) is 49.4 Å². The maximum absolute atomic E-state index is 13.3. The number of imide groups is 1. The highest BCUT2D eigenvalue weighted by atomic mass is 79.9. The lowest BCUT2D eigenvalue weighted by Crippen LogP contribution is -2.34. The van der Waals surface area contributed by atoms with Gasteiger partial charge in [0.1, 0.15) is 5.70 Å². The molecule has 0 fully saturated rings. The zero-order valence-corrected chi connectivity index (χ0v) is 18.1. The largest absolute Gasteiger partial charge is 0.350 e. The second-order valence-electron chi connectivity index (χ2n) is 7.25. The summed E-state index contributed by atoms with van der Waals surface area (Å²) in [5.74, 6) is -0.566. The monoisotopic (exact) mass is 460 g/mol. The summed E-state index contributed by atoms with van der Waals surface area (Å²) in [4.78, 5) is 27.9. The fourth-order valence-electron chi connectivity index (χ4n) is 3.48. The standard InChI is InChI=1S/C25H21BrN2O2/c1-17-10-12-19(13-11-17)22-23(27-21-9-5-8-20(26)16-21)25(30)28(24(22)29)15-14-18-6-3-2-4-7-18/h2-13,16,27H,14-15H2,1H3. The van der Waals surface area contributed by atoms with Gasteiger partial charge in [-0.2, -0.15) is 0 Å². The molecule has 0 aromatic heterocycles. The van der Waals surface area contributed by atoms with E-state index in [9.17, 15) is 9.59 Å². The van der Waals surface area contributed by atoms with Crippen molar-refractivity contribution >= 4 is 39.0 Å². The van der Waals surface area contributed by atoms with Crippen molar-refractivity contribution in [3.8, 4) is 0 Å². The first kappa shape index (κ1) is 20.1. The lowest BCUT2D eigenvalue weighted by atomic mass is 10.0. The maximum atomic E-state index is 13.3. The molecule has 0 saturated heterocycles. The van der Waals surface area contributed by atoms with Crippen molar-refractivity contribution < 1.29 is 9.59 Å². The van der Waals surface area contributed by atoms with Crippen LogP contribution >= 0.6 is 15.9 Å². The van der Waals surface area contributed by atoms with Crippen molar-refractivity contribution in [2.45, 2.75) is 13.3 Å². The zero-order valence-electron chi connectivity index (χ0n) is 16.6. The van der Waals surface area contributed by atoms with Gasteiger partial charge in [-0.05, 0) is 42.7 Å². The van der Waals surface area contributed by atoms with Crippen LogP contribution < -0.4 is 5.32 Å². The highest BCUT2D eigenvalue weighted by molar-refractivity contribution is 9.10. The van der Waals surface area contributed by atoms with Gasteiger partial charge in [0, 0.05) is 16.7 Å². The van der Waals surface area contributed by atoms with Gasteiger partial charge >= 0.3 is 0 Å². The van der Waals surface area contributed by atoms with Gasteiger partial charge in [-0.15, -0.1) is 0 Å². The van der Waals surface area contributed by atoms with Crippen LogP contribution in [0.1, 0.15) is 16.7 Å². The number of carbonyl (C=O) groups excluding carboxylic acids is 2. The molecule has 3 aromatic carbocycles. The molecular formula is C25H21BrN2O2. The minimum Gasteiger partial charge on any atom is -0.350 e. The van der Waals surface area contributed by atoms with E-state index in [2.05, 4.69) is 21.2 Å². The van der Waals surface area contributed by atoms with Crippen molar-refractivity contribution in [1.29, 1.82) is 0 Å². The van der Waals surface area contributed by atoms with E-state index in [1.807, 2.05) is 85.8 Å². The first-order chi connectivity index (χ1) is 14.5. The molecule has 0 aliphatic carbocycles. The number of anilines is 1. The van der Waals surface area contributed by atoms with E-state index in [1.54, 1.807) is 0 Å². The Morgan fingerprint density at radius 1 is 0.867 bits per heavy atom. The van der Waals surface area contributed by atoms with Gasteiger partial charge in [-0.1, -0.05) is 82.2 Å². The molecule has 5 heteroatoms. The van der Waals surface area contributed by atoms with E-state index in [4.69, 9.17) is 0 Å². The number of aryl methyl sites for hydroxylation is 1. The predicted molar refractivity (Wildman–Crippen MR) is 123 cm³/mol. The average molecular weight is 461 g/mol. The molecule has 2 amide bonds. The second kappa shape index (κ2) is 8.67. The van der Waals surface area contributed by atoms with Gasteiger partial charge in [0.25, 0.3) is 11.8 Å². The molecule has 0 spiro atoms. The molecule has 0 atom stereocenters. The number of hydrogen-bond acceptors (Lipinski definition) is 3. The van der Waals surface area contributed by atoms with E-state index < -0.39 is 0 Å². The normalized spacial score (nSPS) is 13.9. The lowest BCUT2D eigenvalue weighted by molar-refractivity contribution is -0.136. The third-order valence-corrected chi connectivity index (χ3v) is 5.56. The summed E-state index contributed by atoms with van der Waals surface area (Å²) >= 11 is 3.45. The Balaban J connectivity index is 1.67. The van der Waals surface area contributed by atoms with Crippen LogP contribution in [-0.4, -0.2) is 23.3 Å². The first-order valence-corrected chi connectivity index (χ1v) is 10.6. The van der Waals surface area contributed by atoms with Crippen molar-refractivity contribution in [3.05, 3.63) is 106 Å². The van der Waals surface area contributed by atoms with Crippen LogP contribution in [0.2, 0.25) is 0 Å². The molecule has 1 heterocycles. The Labute approximate surface area is 184 Å². The number of hydrogen-bond donors (Lipinski definition) is 1. The van der Waals surface area contributed by atoms with Crippen molar-refractivity contribution in [1.82, 2.24) is 4.90 Å². The number of nitrogens with zero attached hydrogens (tertiary/aromatic N) is 1. The number of amides is 2. The van der Waals surface area contributed by atoms with Gasteiger partial charge in [0.2, 0.25) is 0 Å². The molecule has 4 nitrogen and oxygen atoms in total. The van der Waals surface area contributed by atoms with E-state index in [0.29, 0.717) is 24.2 Å². The van der Waals surface area contributed by atoms with Crippen LogP contribution in [0, 0.1) is 6.92 Å². The Kier molecular flexibility index (Phi) is 5.81. The molecular weight excluding hydrogens is 440 g/mol. The number of carbonyl (C=O) groups is 2. The van der Waals surface area contributed by atoms with Crippen LogP contribution in [0.5, 0.6) is 0 Å². The van der Waals surface area contributed by atoms with E-state index in [1.165, 1.54) is 4.90 Å². The summed E-state index contributed by atoms with van der Waals surface area (Å²) in [7, 11) is 0. The Hall–Kier alpha value is -3.18. The van der Waals surface area contributed by atoms with Crippen LogP contribution in [0.3, 0.4) is 0 Å². The van der Waals surface area contributed by atoms with Gasteiger partial charge in [0.05, 0.1) is 5.57 Å². The van der Waals surface area contributed by atoms with Gasteiger partial charge in [0.15, 0.2) is 0 Å². The fraction of sp³-hybridized carbons (Fsp3) is 0.120. The zero-order chi connectivity index (χ0) is 21.1. The second-order valence-corrected chi connectivity index (χ2v) is 8.16. The average Bonchev–Trinajstić information content (AvgIpc) is 2.97. The molecule has 0 radical (unpaired) electrons. The minimum absolute atomic E-state index is 0.266. The number of benzene rings is 3.